The van der Waals surface area contributed by atoms with Gasteiger partial charge in [0.05, 0.1) is 49.8 Å². The third-order valence-corrected chi connectivity index (χ3v) is 9.35. The maximum absolute atomic E-state index is 13.9. The summed E-state index contributed by atoms with van der Waals surface area (Å²) in [6.07, 6.45) is 1.40. The highest BCUT2D eigenvalue weighted by Crippen LogP contribution is 2.29. The van der Waals surface area contributed by atoms with Gasteiger partial charge in [-0.2, -0.15) is 0 Å². The number of likely N-dealkylation sites (tertiary alicyclic amines) is 1. The molecule has 1 unspecified atom stereocenters. The van der Waals surface area contributed by atoms with Crippen molar-refractivity contribution in [1.29, 1.82) is 0 Å². The monoisotopic (exact) mass is 632 g/mol. The molecule has 1 fully saturated rings. The summed E-state index contributed by atoms with van der Waals surface area (Å²) in [6.45, 7) is 10.2. The van der Waals surface area contributed by atoms with E-state index in [1.54, 1.807) is 30.9 Å². The van der Waals surface area contributed by atoms with E-state index in [1.807, 2.05) is 58.0 Å². The van der Waals surface area contributed by atoms with Gasteiger partial charge in [0.1, 0.15) is 6.04 Å². The van der Waals surface area contributed by atoms with Crippen molar-refractivity contribution in [3.8, 4) is 0 Å². The number of esters is 1. The van der Waals surface area contributed by atoms with Crippen molar-refractivity contribution in [2.45, 2.75) is 103 Å². The Morgan fingerprint density at radius 1 is 1.04 bits per heavy atom. The van der Waals surface area contributed by atoms with Crippen LogP contribution < -0.4 is 11.1 Å². The van der Waals surface area contributed by atoms with Crippen LogP contribution in [-0.4, -0.2) is 105 Å². The number of carbonyl (C=O) groups is 4. The van der Waals surface area contributed by atoms with E-state index in [4.69, 9.17) is 19.9 Å². The van der Waals surface area contributed by atoms with E-state index >= 15 is 0 Å². The Bertz CT molecular complexity index is 1100. The predicted molar refractivity (Wildman–Crippen MR) is 173 cm³/mol. The van der Waals surface area contributed by atoms with Crippen LogP contribution in [0.4, 0.5) is 0 Å². The minimum absolute atomic E-state index is 0.0306. The Hall–Kier alpha value is -3.02. The van der Waals surface area contributed by atoms with E-state index < -0.39 is 36.2 Å². The number of ether oxygens (including phenoxy) is 3. The molecule has 0 radical (unpaired) electrons. The van der Waals surface area contributed by atoms with Crippen LogP contribution in [0.3, 0.4) is 0 Å². The number of rotatable bonds is 17. The van der Waals surface area contributed by atoms with Crippen LogP contribution in [0.5, 0.6) is 0 Å². The summed E-state index contributed by atoms with van der Waals surface area (Å²) in [4.78, 5) is 56.6. The van der Waals surface area contributed by atoms with Gasteiger partial charge in [0.15, 0.2) is 0 Å². The van der Waals surface area contributed by atoms with Gasteiger partial charge in [-0.3, -0.25) is 14.4 Å². The normalized spacial score (nSPS) is 19.6. The lowest BCUT2D eigenvalue weighted by molar-refractivity contribution is -0.148. The highest BCUT2D eigenvalue weighted by atomic mass is 16.5. The van der Waals surface area contributed by atoms with Gasteiger partial charge in [-0.25, -0.2) is 4.79 Å². The van der Waals surface area contributed by atoms with E-state index in [-0.39, 0.29) is 54.5 Å². The molecule has 8 atom stereocenters. The van der Waals surface area contributed by atoms with E-state index in [0.717, 1.165) is 18.4 Å². The zero-order chi connectivity index (χ0) is 33.8. The molecule has 0 aliphatic carbocycles. The first-order chi connectivity index (χ1) is 21.3. The lowest BCUT2D eigenvalue weighted by atomic mass is 9.89. The van der Waals surface area contributed by atoms with Gasteiger partial charge in [-0.05, 0) is 30.2 Å². The highest BCUT2D eigenvalue weighted by Gasteiger charge is 2.42. The number of carbonyl (C=O) groups excluding carboxylic acids is 4. The zero-order valence-corrected chi connectivity index (χ0v) is 28.7. The molecule has 1 aliphatic heterocycles. The van der Waals surface area contributed by atoms with Gasteiger partial charge >= 0.3 is 5.97 Å². The van der Waals surface area contributed by atoms with Crippen LogP contribution in [0.1, 0.15) is 65.9 Å². The van der Waals surface area contributed by atoms with Gasteiger partial charge in [-0.1, -0.05) is 71.4 Å². The summed E-state index contributed by atoms with van der Waals surface area (Å²) < 4.78 is 16.7. The zero-order valence-electron chi connectivity index (χ0n) is 28.7. The molecule has 1 aromatic carbocycles. The van der Waals surface area contributed by atoms with Crippen molar-refractivity contribution < 1.29 is 33.4 Å². The molecular weight excluding hydrogens is 576 g/mol. The third-order valence-electron chi connectivity index (χ3n) is 9.35. The summed E-state index contributed by atoms with van der Waals surface area (Å²) in [5, 5.41) is 2.85. The Balaban J connectivity index is 2.22. The van der Waals surface area contributed by atoms with Crippen LogP contribution in [0.2, 0.25) is 0 Å². The van der Waals surface area contributed by atoms with Crippen LogP contribution >= 0.6 is 0 Å². The van der Waals surface area contributed by atoms with E-state index in [1.165, 1.54) is 14.2 Å². The summed E-state index contributed by atoms with van der Waals surface area (Å²) in [5.74, 6) is -1.84. The lowest BCUT2D eigenvalue weighted by Gasteiger charge is -2.40. The predicted octanol–water partition coefficient (Wildman–Crippen LogP) is 2.79. The quantitative estimate of drug-likeness (QED) is 0.250. The molecule has 0 bridgehead atoms. The summed E-state index contributed by atoms with van der Waals surface area (Å²) in [5.41, 5.74) is 7.10. The average molecular weight is 633 g/mol. The molecule has 2 rings (SSSR count). The second-order valence-electron chi connectivity index (χ2n) is 12.6. The highest BCUT2D eigenvalue weighted by molar-refractivity contribution is 5.86. The fourth-order valence-corrected chi connectivity index (χ4v) is 6.31. The Morgan fingerprint density at radius 3 is 2.22 bits per heavy atom. The average Bonchev–Trinajstić information content (AvgIpc) is 3.52. The van der Waals surface area contributed by atoms with Gasteiger partial charge in [-0.15, -0.1) is 0 Å². The molecule has 3 N–H and O–H groups in total. The maximum Gasteiger partial charge on any atom is 0.328 e. The van der Waals surface area contributed by atoms with Crippen molar-refractivity contribution in [3.63, 3.8) is 0 Å². The number of benzene rings is 1. The molecule has 3 amide bonds. The topological polar surface area (TPSA) is 141 Å². The lowest BCUT2D eigenvalue weighted by Crippen LogP contribution is -2.56. The fourth-order valence-electron chi connectivity index (χ4n) is 6.31. The van der Waals surface area contributed by atoms with Crippen LogP contribution in [0.25, 0.3) is 0 Å². The molecule has 254 valence electrons. The molecule has 0 saturated carbocycles. The van der Waals surface area contributed by atoms with Gasteiger partial charge in [0, 0.05) is 34.2 Å². The standard InChI is InChI=1S/C34H56N4O7/c1-10-22(4)30(37(6)33(41)29(35)21(2)3)27(43-7)20-28(39)38-18-14-17-26(38)31(44-8)23(5)32(40)36-25(34(42)45-9)19-24-15-12-11-13-16-24/h11-13,15-16,21-23,25-27,29-31H,10,14,17-20,35H2,1-9H3,(H,36,40)/t22?,23-,25+,26+,27-,29+,30+,31-/m1/s1. The number of amides is 3. The largest absolute Gasteiger partial charge is 0.467 e. The Morgan fingerprint density at radius 2 is 1.69 bits per heavy atom. The first-order valence-corrected chi connectivity index (χ1v) is 16.1. The maximum atomic E-state index is 13.9. The molecule has 1 aliphatic rings. The van der Waals surface area contributed by atoms with Crippen LogP contribution in [-0.2, 0) is 39.8 Å². The van der Waals surface area contributed by atoms with Gasteiger partial charge in [0.2, 0.25) is 17.7 Å². The minimum atomic E-state index is -0.866. The second kappa shape index (κ2) is 18.2. The fraction of sp³-hybridized carbons (Fsp3) is 0.706. The molecule has 11 heteroatoms. The van der Waals surface area contributed by atoms with E-state index in [9.17, 15) is 19.2 Å². The van der Waals surface area contributed by atoms with Crippen molar-refractivity contribution in [3.05, 3.63) is 35.9 Å². The Kier molecular flexibility index (Phi) is 15.4. The smallest absolute Gasteiger partial charge is 0.328 e. The van der Waals surface area contributed by atoms with Crippen molar-refractivity contribution in [2.75, 3.05) is 34.9 Å². The SMILES string of the molecule is CCC(C)[C@@H]([C@@H](CC(=O)N1CCC[C@H]1[C@H](OC)[C@@H](C)C(=O)N[C@@H](Cc1ccccc1)C(=O)OC)OC)N(C)C(=O)[C@@H](N)C(C)C. The molecule has 1 saturated heterocycles. The van der Waals surface area contributed by atoms with Crippen LogP contribution in [0, 0.1) is 17.8 Å². The molecular formula is C34H56N4O7. The van der Waals surface area contributed by atoms with Gasteiger partial charge in [0.25, 0.3) is 0 Å². The van der Waals surface area contributed by atoms with E-state index in [0.29, 0.717) is 13.0 Å². The van der Waals surface area contributed by atoms with Crippen molar-refractivity contribution in [1.82, 2.24) is 15.1 Å². The number of hydrogen-bond donors (Lipinski definition) is 2. The number of methoxy groups -OCH3 is 3. The molecule has 11 nitrogen and oxygen atoms in total. The first-order valence-electron chi connectivity index (χ1n) is 16.1. The molecule has 0 spiro atoms. The van der Waals surface area contributed by atoms with Crippen molar-refractivity contribution in [2.24, 2.45) is 23.5 Å². The summed E-state index contributed by atoms with van der Waals surface area (Å²) in [6, 6.07) is 7.18. The summed E-state index contributed by atoms with van der Waals surface area (Å²) >= 11 is 0. The van der Waals surface area contributed by atoms with E-state index in [2.05, 4.69) is 5.32 Å². The third kappa shape index (κ3) is 9.98. The Labute approximate surface area is 269 Å². The number of nitrogens with two attached hydrogens (primary N) is 1. The van der Waals surface area contributed by atoms with Crippen molar-refractivity contribution >= 4 is 23.7 Å². The number of nitrogens with zero attached hydrogens (tertiary/aromatic N) is 2. The molecule has 1 aromatic rings. The summed E-state index contributed by atoms with van der Waals surface area (Å²) in [7, 11) is 6.12. The minimum Gasteiger partial charge on any atom is -0.467 e. The number of nitrogens with one attached hydrogen (secondary N) is 1. The van der Waals surface area contributed by atoms with Crippen LogP contribution in [0.15, 0.2) is 30.3 Å². The van der Waals surface area contributed by atoms with Gasteiger partial charge < -0.3 is 35.1 Å². The number of hydrogen-bond acceptors (Lipinski definition) is 8. The first kappa shape index (κ1) is 38.2. The number of likely N-dealkylation sites (N-methyl/N-ethyl adjacent to an activating group) is 1. The molecule has 0 aromatic heterocycles. The molecule has 45 heavy (non-hydrogen) atoms. The molecule has 1 heterocycles. The second-order valence-corrected chi connectivity index (χ2v) is 12.6.